The lowest BCUT2D eigenvalue weighted by Gasteiger charge is -2.17. The van der Waals surface area contributed by atoms with Gasteiger partial charge in [-0.1, -0.05) is 6.92 Å². The fourth-order valence-electron chi connectivity index (χ4n) is 3.77. The van der Waals surface area contributed by atoms with E-state index >= 15 is 0 Å². The molecule has 4 rings (SSSR count). The van der Waals surface area contributed by atoms with Crippen LogP contribution in [0.2, 0.25) is 0 Å². The summed E-state index contributed by atoms with van der Waals surface area (Å²) in [6.45, 7) is 2.36. The van der Waals surface area contributed by atoms with E-state index in [1.54, 1.807) is 19.3 Å². The van der Waals surface area contributed by atoms with Crippen LogP contribution in [0.25, 0.3) is 11.3 Å². The van der Waals surface area contributed by atoms with E-state index in [1.807, 2.05) is 6.92 Å². The average molecular weight is 422 g/mol. The number of ether oxygens (including phenoxy) is 2. The summed E-state index contributed by atoms with van der Waals surface area (Å²) in [4.78, 5) is 9.03. The molecule has 160 valence electrons. The van der Waals surface area contributed by atoms with Crippen LogP contribution < -0.4 is 10.5 Å². The molecule has 9 heteroatoms. The van der Waals surface area contributed by atoms with Gasteiger partial charge in [0.05, 0.1) is 35.4 Å². The molecule has 1 aromatic carbocycles. The van der Waals surface area contributed by atoms with E-state index in [2.05, 4.69) is 16.2 Å². The minimum atomic E-state index is -0.319. The third-order valence-corrected chi connectivity index (χ3v) is 5.46. The summed E-state index contributed by atoms with van der Waals surface area (Å²) in [5, 5.41) is 14.1. The van der Waals surface area contributed by atoms with Gasteiger partial charge in [0.1, 0.15) is 29.1 Å². The van der Waals surface area contributed by atoms with E-state index in [-0.39, 0.29) is 18.5 Å². The molecule has 3 heterocycles. The number of aromatic nitrogens is 4. The Kier molecular flexibility index (Phi) is 5.82. The van der Waals surface area contributed by atoms with E-state index in [4.69, 9.17) is 20.2 Å². The number of nitrogen functional groups attached to an aromatic ring is 1. The Balaban J connectivity index is 1.76. The molecule has 2 N–H and O–H groups in total. The fraction of sp³-hybridized carbons (Fsp3) is 0.364. The molecule has 3 aromatic rings. The first kappa shape index (κ1) is 20.8. The van der Waals surface area contributed by atoms with Gasteiger partial charge in [0, 0.05) is 13.5 Å². The van der Waals surface area contributed by atoms with Crippen molar-refractivity contribution in [3.63, 3.8) is 0 Å². The molecule has 0 saturated carbocycles. The molecular formula is C22H23FN6O2. The van der Waals surface area contributed by atoms with Crippen LogP contribution in [0.3, 0.4) is 0 Å². The summed E-state index contributed by atoms with van der Waals surface area (Å²) in [6.07, 6.45) is 3.23. The number of nitrogens with zero attached hydrogens (tertiary/aromatic N) is 5. The van der Waals surface area contributed by atoms with E-state index in [0.717, 1.165) is 5.56 Å². The molecule has 0 aliphatic carbocycles. The Morgan fingerprint density at radius 1 is 1.29 bits per heavy atom. The molecule has 2 aromatic heterocycles. The number of hydrogen-bond acceptors (Lipinski definition) is 7. The van der Waals surface area contributed by atoms with Crippen LogP contribution in [0.1, 0.15) is 41.9 Å². The van der Waals surface area contributed by atoms with Crippen molar-refractivity contribution in [2.45, 2.75) is 32.1 Å². The molecule has 1 aliphatic rings. The van der Waals surface area contributed by atoms with Crippen molar-refractivity contribution in [2.75, 3.05) is 19.1 Å². The molecule has 0 fully saturated rings. The molecule has 8 nitrogen and oxygen atoms in total. The van der Waals surface area contributed by atoms with Gasteiger partial charge in [-0.25, -0.2) is 14.4 Å². The molecule has 0 spiro atoms. The Bertz CT molecular complexity index is 1150. The molecule has 0 amide bonds. The number of fused-ring (bicyclic) bond motifs is 5. The van der Waals surface area contributed by atoms with Crippen molar-refractivity contribution >= 4 is 5.82 Å². The van der Waals surface area contributed by atoms with Crippen molar-refractivity contribution in [3.05, 3.63) is 52.9 Å². The van der Waals surface area contributed by atoms with Gasteiger partial charge in [-0.3, -0.25) is 4.68 Å². The number of nitrogens with two attached hydrogens (primary N) is 1. The summed E-state index contributed by atoms with van der Waals surface area (Å²) in [5.74, 6) is 0.592. The summed E-state index contributed by atoms with van der Waals surface area (Å²) in [5.41, 5.74) is 9.76. The van der Waals surface area contributed by atoms with E-state index in [9.17, 15) is 9.65 Å². The van der Waals surface area contributed by atoms with Gasteiger partial charge in [0.15, 0.2) is 6.79 Å². The van der Waals surface area contributed by atoms with Gasteiger partial charge >= 0.3 is 0 Å². The highest BCUT2D eigenvalue weighted by atomic mass is 19.1. The third kappa shape index (κ3) is 4.20. The molecule has 1 atom stereocenters. The topological polar surface area (TPSA) is 112 Å². The molecular weight excluding hydrogens is 399 g/mol. The van der Waals surface area contributed by atoms with Crippen molar-refractivity contribution in [2.24, 2.45) is 7.05 Å². The highest BCUT2D eigenvalue weighted by Crippen LogP contribution is 2.32. The second-order valence-corrected chi connectivity index (χ2v) is 7.54. The van der Waals surface area contributed by atoms with E-state index < -0.39 is 0 Å². The minimum absolute atomic E-state index is 0.00990. The Labute approximate surface area is 179 Å². The largest absolute Gasteiger partial charge is 0.467 e. The number of rotatable bonds is 0. The van der Waals surface area contributed by atoms with Crippen LogP contribution in [0, 0.1) is 17.1 Å². The zero-order chi connectivity index (χ0) is 22.0. The Morgan fingerprint density at radius 3 is 2.94 bits per heavy atom. The maximum atomic E-state index is 13.9. The summed E-state index contributed by atoms with van der Waals surface area (Å²) < 4.78 is 26.9. The van der Waals surface area contributed by atoms with Gasteiger partial charge in [0.25, 0.3) is 0 Å². The smallest absolute Gasteiger partial charge is 0.189 e. The van der Waals surface area contributed by atoms with E-state index in [0.29, 0.717) is 65.8 Å². The predicted octanol–water partition coefficient (Wildman–Crippen LogP) is 3.12. The van der Waals surface area contributed by atoms with Crippen molar-refractivity contribution in [3.8, 4) is 23.1 Å². The first-order valence-electron chi connectivity index (χ1n) is 10.1. The summed E-state index contributed by atoms with van der Waals surface area (Å²) in [7, 11) is 1.72. The highest BCUT2D eigenvalue weighted by molar-refractivity contribution is 5.68. The zero-order valence-electron chi connectivity index (χ0n) is 17.4. The molecule has 1 aliphatic heterocycles. The number of halogens is 1. The third-order valence-electron chi connectivity index (χ3n) is 5.46. The van der Waals surface area contributed by atoms with Crippen LogP contribution >= 0.6 is 0 Å². The lowest BCUT2D eigenvalue weighted by atomic mass is 9.94. The number of nitriles is 1. The minimum Gasteiger partial charge on any atom is -0.467 e. The Morgan fingerprint density at radius 2 is 2.13 bits per heavy atom. The standard InChI is InChI=1S/C22H23FN6O2/c1-13-3-5-17-22(25)26-11-18(27-17)21-16(28-29(2)19(21)10-24)7-8-30-12-31-20-6-4-14(23)9-15(13)20/h4,6,9,11,13H,3,5,7-8,12H2,1-2H3,(H2,25,26)/t13-/m0/s1. The van der Waals surface area contributed by atoms with Gasteiger partial charge in [-0.05, 0) is 42.5 Å². The maximum Gasteiger partial charge on any atom is 0.189 e. The maximum absolute atomic E-state index is 13.9. The molecule has 0 unspecified atom stereocenters. The molecule has 31 heavy (non-hydrogen) atoms. The van der Waals surface area contributed by atoms with Crippen molar-refractivity contribution < 1.29 is 13.9 Å². The lowest BCUT2D eigenvalue weighted by Crippen LogP contribution is -2.09. The average Bonchev–Trinajstić information content (AvgIpc) is 3.07. The van der Waals surface area contributed by atoms with Crippen LogP contribution in [0.4, 0.5) is 10.2 Å². The van der Waals surface area contributed by atoms with Gasteiger partial charge in [0.2, 0.25) is 0 Å². The Hall–Kier alpha value is -3.51. The number of benzene rings is 1. The predicted molar refractivity (Wildman–Crippen MR) is 112 cm³/mol. The summed E-state index contributed by atoms with van der Waals surface area (Å²) in [6, 6.07) is 6.67. The first-order chi connectivity index (χ1) is 15.0. The first-order valence-corrected chi connectivity index (χ1v) is 10.1. The van der Waals surface area contributed by atoms with Crippen LogP contribution in [0.5, 0.6) is 5.75 Å². The molecule has 2 bridgehead atoms. The second kappa shape index (κ2) is 8.70. The second-order valence-electron chi connectivity index (χ2n) is 7.54. The normalized spacial score (nSPS) is 16.8. The van der Waals surface area contributed by atoms with Gasteiger partial charge in [-0.2, -0.15) is 10.4 Å². The summed E-state index contributed by atoms with van der Waals surface area (Å²) >= 11 is 0. The van der Waals surface area contributed by atoms with Crippen LogP contribution in [-0.4, -0.2) is 33.1 Å². The van der Waals surface area contributed by atoms with Crippen molar-refractivity contribution in [1.82, 2.24) is 19.7 Å². The number of hydrogen-bond donors (Lipinski definition) is 1. The number of anilines is 1. The SMILES string of the molecule is C[C@H]1CCc2nc(cnc2N)-c2c(nn(C)c2C#N)CCOCOc2ccc(F)cc21. The lowest BCUT2D eigenvalue weighted by molar-refractivity contribution is 0.0159. The highest BCUT2D eigenvalue weighted by Gasteiger charge is 2.21. The quantitative estimate of drug-likeness (QED) is 0.592. The van der Waals surface area contributed by atoms with Crippen LogP contribution in [-0.2, 0) is 24.6 Å². The molecule has 0 radical (unpaired) electrons. The van der Waals surface area contributed by atoms with E-state index in [1.165, 1.54) is 16.8 Å². The monoisotopic (exact) mass is 422 g/mol. The van der Waals surface area contributed by atoms with Gasteiger partial charge in [-0.15, -0.1) is 0 Å². The van der Waals surface area contributed by atoms with Gasteiger partial charge < -0.3 is 15.2 Å². The molecule has 0 saturated heterocycles. The zero-order valence-corrected chi connectivity index (χ0v) is 17.4. The number of aryl methyl sites for hydroxylation is 2. The van der Waals surface area contributed by atoms with Crippen LogP contribution in [0.15, 0.2) is 24.4 Å². The van der Waals surface area contributed by atoms with Crippen molar-refractivity contribution in [1.29, 1.82) is 5.26 Å². The fourth-order valence-corrected chi connectivity index (χ4v) is 3.77.